The minimum absolute atomic E-state index is 1.10. The van der Waals surface area contributed by atoms with Gasteiger partial charge in [-0.1, -0.05) is 206 Å². The average molecular weight is 752 g/mol. The number of hydrogen-bond donors (Lipinski definition) is 0. The molecule has 0 heterocycles. The van der Waals surface area contributed by atoms with Crippen LogP contribution in [-0.2, 0) is 0 Å². The summed E-state index contributed by atoms with van der Waals surface area (Å²) in [5.41, 5.74) is 17.8. The highest BCUT2D eigenvalue weighted by molar-refractivity contribution is 5.97. The molecule has 1 heteroatoms. The van der Waals surface area contributed by atoms with Gasteiger partial charge < -0.3 is 4.90 Å². The predicted octanol–water partition coefficient (Wildman–Crippen LogP) is 16.3. The van der Waals surface area contributed by atoms with Crippen LogP contribution in [0.3, 0.4) is 0 Å². The van der Waals surface area contributed by atoms with Gasteiger partial charge in [-0.25, -0.2) is 0 Å². The summed E-state index contributed by atoms with van der Waals surface area (Å²) < 4.78 is 0. The third-order valence-electron chi connectivity index (χ3n) is 11.3. The lowest BCUT2D eigenvalue weighted by Crippen LogP contribution is -2.09. The molecule has 10 aromatic rings. The van der Waals surface area contributed by atoms with Gasteiger partial charge in [0.2, 0.25) is 0 Å². The second-order valence-corrected chi connectivity index (χ2v) is 14.9. The van der Waals surface area contributed by atoms with Crippen molar-refractivity contribution in [2.24, 2.45) is 0 Å². The van der Waals surface area contributed by atoms with Crippen LogP contribution in [0.15, 0.2) is 249 Å². The van der Waals surface area contributed by atoms with Gasteiger partial charge in [-0.05, 0) is 120 Å². The summed E-state index contributed by atoms with van der Waals surface area (Å²) in [6.07, 6.45) is 0. The van der Waals surface area contributed by atoms with E-state index in [4.69, 9.17) is 0 Å². The van der Waals surface area contributed by atoms with Crippen LogP contribution in [-0.4, -0.2) is 0 Å². The van der Waals surface area contributed by atoms with Gasteiger partial charge in [0.1, 0.15) is 0 Å². The first-order valence-corrected chi connectivity index (χ1v) is 20.2. The number of nitrogens with zero attached hydrogens (tertiary/aromatic N) is 1. The van der Waals surface area contributed by atoms with Gasteiger partial charge in [-0.2, -0.15) is 0 Å². The van der Waals surface area contributed by atoms with Crippen LogP contribution in [0.4, 0.5) is 17.1 Å². The van der Waals surface area contributed by atoms with Crippen molar-refractivity contribution in [1.82, 2.24) is 0 Å². The molecule has 10 aromatic carbocycles. The van der Waals surface area contributed by atoms with Crippen molar-refractivity contribution >= 4 is 27.8 Å². The van der Waals surface area contributed by atoms with Gasteiger partial charge in [-0.3, -0.25) is 0 Å². The van der Waals surface area contributed by atoms with E-state index in [2.05, 4.69) is 254 Å². The van der Waals surface area contributed by atoms with E-state index in [0.29, 0.717) is 0 Å². The van der Waals surface area contributed by atoms with Gasteiger partial charge in [0, 0.05) is 17.1 Å². The molecule has 0 aromatic heterocycles. The third kappa shape index (κ3) is 7.34. The Bertz CT molecular complexity index is 2970. The quantitative estimate of drug-likeness (QED) is 0.142. The molecule has 0 aliphatic carbocycles. The van der Waals surface area contributed by atoms with Crippen LogP contribution < -0.4 is 4.90 Å². The molecule has 0 saturated heterocycles. The Kier molecular flexibility index (Phi) is 9.68. The molecule has 0 amide bonds. The van der Waals surface area contributed by atoms with Crippen LogP contribution in [0.2, 0.25) is 0 Å². The van der Waals surface area contributed by atoms with Crippen LogP contribution >= 0.6 is 0 Å². The van der Waals surface area contributed by atoms with Crippen molar-refractivity contribution in [3.8, 4) is 66.8 Å². The van der Waals surface area contributed by atoms with Crippen LogP contribution in [0.25, 0.3) is 77.5 Å². The summed E-state index contributed by atoms with van der Waals surface area (Å²) >= 11 is 0. The lowest BCUT2D eigenvalue weighted by Gasteiger charge is -2.26. The molecule has 0 saturated carbocycles. The minimum atomic E-state index is 1.10. The van der Waals surface area contributed by atoms with E-state index in [1.807, 2.05) is 0 Å². The zero-order chi connectivity index (χ0) is 39.4. The molecule has 59 heavy (non-hydrogen) atoms. The highest BCUT2D eigenvalue weighted by Crippen LogP contribution is 2.40. The molecule has 0 aliphatic rings. The van der Waals surface area contributed by atoms with E-state index >= 15 is 0 Å². The number of rotatable bonds is 9. The summed E-state index contributed by atoms with van der Waals surface area (Å²) in [6.45, 7) is 0. The van der Waals surface area contributed by atoms with E-state index in [0.717, 1.165) is 17.1 Å². The smallest absolute Gasteiger partial charge is 0.0462 e. The Labute approximate surface area is 346 Å². The Balaban J connectivity index is 0.952. The molecule has 1 nitrogen and oxygen atoms in total. The largest absolute Gasteiger partial charge is 0.311 e. The fourth-order valence-electron chi connectivity index (χ4n) is 8.25. The summed E-state index contributed by atoms with van der Waals surface area (Å²) in [7, 11) is 0. The zero-order valence-corrected chi connectivity index (χ0v) is 32.6. The summed E-state index contributed by atoms with van der Waals surface area (Å²) in [4.78, 5) is 2.33. The lowest BCUT2D eigenvalue weighted by atomic mass is 9.90. The minimum Gasteiger partial charge on any atom is -0.311 e. The average Bonchev–Trinajstić information content (AvgIpc) is 3.33. The molecule has 0 aliphatic heterocycles. The molecule has 0 unspecified atom stereocenters. The van der Waals surface area contributed by atoms with E-state index in [1.54, 1.807) is 0 Å². The van der Waals surface area contributed by atoms with Gasteiger partial charge >= 0.3 is 0 Å². The Morgan fingerprint density at radius 2 is 0.576 bits per heavy atom. The number of fused-ring (bicyclic) bond motifs is 1. The van der Waals surface area contributed by atoms with Crippen molar-refractivity contribution < 1.29 is 0 Å². The zero-order valence-electron chi connectivity index (χ0n) is 32.6. The molecular weight excluding hydrogens is 711 g/mol. The molecule has 0 fully saturated rings. The summed E-state index contributed by atoms with van der Waals surface area (Å²) in [5, 5.41) is 2.53. The fourth-order valence-corrected chi connectivity index (χ4v) is 8.25. The maximum Gasteiger partial charge on any atom is 0.0462 e. The molecule has 278 valence electrons. The van der Waals surface area contributed by atoms with Crippen molar-refractivity contribution in [2.75, 3.05) is 4.90 Å². The summed E-state index contributed by atoms with van der Waals surface area (Å²) in [5.74, 6) is 0. The highest BCUT2D eigenvalue weighted by Gasteiger charge is 2.15. The van der Waals surface area contributed by atoms with E-state index in [-0.39, 0.29) is 0 Å². The fraction of sp³-hybridized carbons (Fsp3) is 0. The van der Waals surface area contributed by atoms with Gasteiger partial charge in [-0.15, -0.1) is 0 Å². The predicted molar refractivity (Wildman–Crippen MR) is 251 cm³/mol. The monoisotopic (exact) mass is 751 g/mol. The lowest BCUT2D eigenvalue weighted by molar-refractivity contribution is 1.28. The van der Waals surface area contributed by atoms with Crippen LogP contribution in [0.1, 0.15) is 0 Å². The first-order chi connectivity index (χ1) is 29.2. The molecule has 10 rings (SSSR count). The number of hydrogen-bond acceptors (Lipinski definition) is 1. The molecule has 0 atom stereocenters. The normalized spacial score (nSPS) is 11.1. The van der Waals surface area contributed by atoms with Crippen molar-refractivity contribution in [1.29, 1.82) is 0 Å². The first kappa shape index (κ1) is 35.7. The maximum atomic E-state index is 2.34. The Morgan fingerprint density at radius 1 is 0.203 bits per heavy atom. The maximum absolute atomic E-state index is 2.34. The number of benzene rings is 10. The highest BCUT2D eigenvalue weighted by atomic mass is 15.1. The van der Waals surface area contributed by atoms with Gasteiger partial charge in [0.15, 0.2) is 0 Å². The van der Waals surface area contributed by atoms with Gasteiger partial charge in [0.05, 0.1) is 0 Å². The van der Waals surface area contributed by atoms with Gasteiger partial charge in [0.25, 0.3) is 0 Å². The molecule has 0 spiro atoms. The van der Waals surface area contributed by atoms with Crippen molar-refractivity contribution in [2.45, 2.75) is 0 Å². The Hall–Kier alpha value is -7.74. The van der Waals surface area contributed by atoms with Crippen molar-refractivity contribution in [3.63, 3.8) is 0 Å². The topological polar surface area (TPSA) is 3.24 Å². The first-order valence-electron chi connectivity index (χ1n) is 20.2. The molecule has 0 N–H and O–H groups in total. The van der Waals surface area contributed by atoms with Crippen molar-refractivity contribution in [3.05, 3.63) is 249 Å². The standard InChI is InChI=1S/C58H41N/c1-4-13-42(14-5-1)43-25-29-50(30-26-43)58-41-51(35-40-57(58)47-15-6-2-7-16-47)46-33-38-54(39-34-46)59(52-19-8-3-9-20-52)53-36-31-45(32-37-53)44-23-27-49(28-24-44)56-22-12-18-48-17-10-11-21-55(48)56/h1-41H. The SMILES string of the molecule is c1ccc(-c2ccc(-c3cc(-c4ccc(N(c5ccccc5)c5ccc(-c6ccc(-c7cccc8ccccc78)cc6)cc5)cc4)ccc3-c3ccccc3)cc2)cc1. The van der Waals surface area contributed by atoms with Crippen LogP contribution in [0, 0.1) is 0 Å². The van der Waals surface area contributed by atoms with Crippen LogP contribution in [0.5, 0.6) is 0 Å². The number of anilines is 3. The number of para-hydroxylation sites is 1. The Morgan fingerprint density at radius 3 is 1.17 bits per heavy atom. The van der Waals surface area contributed by atoms with E-state index in [1.165, 1.54) is 77.5 Å². The second kappa shape index (κ2) is 16.0. The summed E-state index contributed by atoms with van der Waals surface area (Å²) in [6, 6.07) is 89.7. The third-order valence-corrected chi connectivity index (χ3v) is 11.3. The molecular formula is C58H41N. The second-order valence-electron chi connectivity index (χ2n) is 14.9. The molecule has 0 bridgehead atoms. The molecule has 0 radical (unpaired) electrons. The van der Waals surface area contributed by atoms with E-state index < -0.39 is 0 Å². The van der Waals surface area contributed by atoms with E-state index in [9.17, 15) is 0 Å².